The maximum Gasteiger partial charge on any atom is 0.315 e. The summed E-state index contributed by atoms with van der Waals surface area (Å²) in [6, 6.07) is -2.14. The topological polar surface area (TPSA) is 151 Å². The summed E-state index contributed by atoms with van der Waals surface area (Å²) in [5, 5.41) is 5.43. The molecule has 1 aliphatic heterocycles. The number of primary amides is 1. The Labute approximate surface area is 162 Å². The fourth-order valence-electron chi connectivity index (χ4n) is 3.04. The number of amides is 5. The van der Waals surface area contributed by atoms with Crippen molar-refractivity contribution in [1.29, 1.82) is 0 Å². The van der Waals surface area contributed by atoms with E-state index in [4.69, 9.17) is 5.73 Å². The Morgan fingerprint density at radius 2 is 2.04 bits per heavy atom. The van der Waals surface area contributed by atoms with E-state index < -0.39 is 35.8 Å². The van der Waals surface area contributed by atoms with Crippen LogP contribution in [0.1, 0.15) is 30.8 Å². The number of hydrogen-bond acceptors (Lipinski definition) is 6. The number of hydrogen-bond donors (Lipinski definition) is 3. The highest BCUT2D eigenvalue weighted by atomic mass is 16.2. The van der Waals surface area contributed by atoms with Crippen molar-refractivity contribution in [3.63, 3.8) is 0 Å². The predicted octanol–water partition coefficient (Wildman–Crippen LogP) is -1.29. The van der Waals surface area contributed by atoms with E-state index in [1.54, 1.807) is 13.8 Å². The Morgan fingerprint density at radius 3 is 2.61 bits per heavy atom. The Hall–Kier alpha value is -3.24. The van der Waals surface area contributed by atoms with Crippen LogP contribution in [-0.2, 0) is 9.59 Å². The molecule has 1 aliphatic rings. The standard InChI is InChI=1S/C17H25N7O4/c1-10(2)21-17(28)22-11-4-7-24(15(26)12-8-19-5-6-20-12)14(11)16(27)23(3)9-13(18)25/h5-6,8,10-11,14H,4,7,9H2,1-3H3,(H2,18,25)(H2,21,22,28)/t11-,14-/m0/s1. The lowest BCUT2D eigenvalue weighted by Crippen LogP contribution is -2.57. The summed E-state index contributed by atoms with van der Waals surface area (Å²) < 4.78 is 0. The molecule has 0 radical (unpaired) electrons. The van der Waals surface area contributed by atoms with Gasteiger partial charge in [-0.3, -0.25) is 19.4 Å². The number of likely N-dealkylation sites (tertiary alicyclic amines) is 1. The third-order valence-electron chi connectivity index (χ3n) is 4.20. The monoisotopic (exact) mass is 391 g/mol. The molecule has 0 unspecified atom stereocenters. The zero-order valence-corrected chi connectivity index (χ0v) is 16.1. The zero-order valence-electron chi connectivity index (χ0n) is 16.1. The fourth-order valence-corrected chi connectivity index (χ4v) is 3.04. The van der Waals surface area contributed by atoms with Gasteiger partial charge in [0.2, 0.25) is 11.8 Å². The van der Waals surface area contributed by atoms with E-state index in [2.05, 4.69) is 20.6 Å². The minimum absolute atomic E-state index is 0.0881. The van der Waals surface area contributed by atoms with Crippen molar-refractivity contribution in [3.8, 4) is 0 Å². The quantitative estimate of drug-likeness (QED) is 0.549. The molecule has 28 heavy (non-hydrogen) atoms. The number of nitrogens with two attached hydrogens (primary N) is 1. The van der Waals surface area contributed by atoms with Gasteiger partial charge >= 0.3 is 6.03 Å². The van der Waals surface area contributed by atoms with Crippen LogP contribution in [0.3, 0.4) is 0 Å². The number of rotatable bonds is 6. The van der Waals surface area contributed by atoms with E-state index >= 15 is 0 Å². The minimum Gasteiger partial charge on any atom is -0.368 e. The summed E-state index contributed by atoms with van der Waals surface area (Å²) in [5.41, 5.74) is 5.26. The summed E-state index contributed by atoms with van der Waals surface area (Å²) in [6.07, 6.45) is 4.50. The average molecular weight is 391 g/mol. The molecule has 0 aromatic carbocycles. The Bertz CT molecular complexity index is 740. The van der Waals surface area contributed by atoms with Crippen LogP contribution < -0.4 is 16.4 Å². The summed E-state index contributed by atoms with van der Waals surface area (Å²) in [5.74, 6) is -1.65. The summed E-state index contributed by atoms with van der Waals surface area (Å²) >= 11 is 0. The van der Waals surface area contributed by atoms with Crippen LogP contribution >= 0.6 is 0 Å². The molecule has 0 aliphatic carbocycles. The van der Waals surface area contributed by atoms with Crippen LogP contribution in [0, 0.1) is 0 Å². The average Bonchev–Trinajstić information content (AvgIpc) is 3.03. The van der Waals surface area contributed by atoms with Crippen LogP contribution in [0.4, 0.5) is 4.79 Å². The largest absolute Gasteiger partial charge is 0.368 e. The number of nitrogens with zero attached hydrogens (tertiary/aromatic N) is 4. The van der Waals surface area contributed by atoms with Gasteiger partial charge in [0, 0.05) is 32.0 Å². The molecule has 0 bridgehead atoms. The van der Waals surface area contributed by atoms with Crippen LogP contribution in [0.5, 0.6) is 0 Å². The van der Waals surface area contributed by atoms with Crippen LogP contribution in [0.2, 0.25) is 0 Å². The van der Waals surface area contributed by atoms with Crippen molar-refractivity contribution in [2.24, 2.45) is 5.73 Å². The molecule has 1 saturated heterocycles. The number of likely N-dealkylation sites (N-methyl/N-ethyl adjacent to an activating group) is 1. The predicted molar refractivity (Wildman–Crippen MR) is 98.9 cm³/mol. The number of nitrogens with one attached hydrogen (secondary N) is 2. The third kappa shape index (κ3) is 5.15. The molecule has 2 atom stereocenters. The highest BCUT2D eigenvalue weighted by Gasteiger charge is 2.44. The minimum atomic E-state index is -0.989. The first-order valence-corrected chi connectivity index (χ1v) is 8.88. The lowest BCUT2D eigenvalue weighted by molar-refractivity contribution is -0.137. The highest BCUT2D eigenvalue weighted by molar-refractivity contribution is 5.97. The first-order valence-electron chi connectivity index (χ1n) is 8.88. The summed E-state index contributed by atoms with van der Waals surface area (Å²) in [6.45, 7) is 3.55. The van der Waals surface area contributed by atoms with Gasteiger partial charge in [0.05, 0.1) is 18.8 Å². The molecule has 2 heterocycles. The molecule has 1 fully saturated rings. The zero-order chi connectivity index (χ0) is 20.8. The van der Waals surface area contributed by atoms with E-state index in [1.807, 2.05) is 0 Å². The molecular formula is C17H25N7O4. The highest BCUT2D eigenvalue weighted by Crippen LogP contribution is 2.22. The van der Waals surface area contributed by atoms with Crippen LogP contribution in [-0.4, -0.2) is 81.8 Å². The molecule has 11 nitrogen and oxygen atoms in total. The third-order valence-corrected chi connectivity index (χ3v) is 4.20. The van der Waals surface area contributed by atoms with Crippen molar-refractivity contribution < 1.29 is 19.2 Å². The summed E-state index contributed by atoms with van der Waals surface area (Å²) in [4.78, 5) is 59.5. The molecular weight excluding hydrogens is 366 g/mol. The second-order valence-corrected chi connectivity index (χ2v) is 6.86. The second-order valence-electron chi connectivity index (χ2n) is 6.86. The van der Waals surface area contributed by atoms with Gasteiger partial charge in [-0.25, -0.2) is 9.78 Å². The lowest BCUT2D eigenvalue weighted by atomic mass is 10.1. The molecule has 152 valence electrons. The van der Waals surface area contributed by atoms with Crippen molar-refractivity contribution in [2.45, 2.75) is 38.4 Å². The fraction of sp³-hybridized carbons (Fsp3) is 0.529. The van der Waals surface area contributed by atoms with Gasteiger partial charge in [-0.05, 0) is 20.3 Å². The van der Waals surface area contributed by atoms with Gasteiger partial charge < -0.3 is 26.2 Å². The molecule has 1 aromatic rings. The van der Waals surface area contributed by atoms with E-state index in [0.717, 1.165) is 4.90 Å². The molecule has 4 N–H and O–H groups in total. The number of carbonyl (C=O) groups is 4. The van der Waals surface area contributed by atoms with Gasteiger partial charge in [-0.15, -0.1) is 0 Å². The van der Waals surface area contributed by atoms with Crippen molar-refractivity contribution in [2.75, 3.05) is 20.1 Å². The Balaban J connectivity index is 2.26. The maximum atomic E-state index is 13.0. The number of carbonyl (C=O) groups excluding carboxylic acids is 4. The Kier molecular flexibility index (Phi) is 6.85. The lowest BCUT2D eigenvalue weighted by Gasteiger charge is -2.30. The van der Waals surface area contributed by atoms with E-state index in [1.165, 1.54) is 30.5 Å². The number of urea groups is 1. The van der Waals surface area contributed by atoms with E-state index in [0.29, 0.717) is 6.42 Å². The maximum absolute atomic E-state index is 13.0. The molecule has 1 aromatic heterocycles. The van der Waals surface area contributed by atoms with E-state index in [-0.39, 0.29) is 24.8 Å². The van der Waals surface area contributed by atoms with Gasteiger partial charge in [0.15, 0.2) is 0 Å². The van der Waals surface area contributed by atoms with Gasteiger partial charge in [0.1, 0.15) is 11.7 Å². The second kappa shape index (κ2) is 9.11. The van der Waals surface area contributed by atoms with Gasteiger partial charge in [-0.2, -0.15) is 0 Å². The normalized spacial score (nSPS) is 18.6. The number of aromatic nitrogens is 2. The Morgan fingerprint density at radius 1 is 1.32 bits per heavy atom. The van der Waals surface area contributed by atoms with Crippen LogP contribution in [0.25, 0.3) is 0 Å². The van der Waals surface area contributed by atoms with Crippen molar-refractivity contribution >= 4 is 23.8 Å². The molecule has 2 rings (SSSR count). The van der Waals surface area contributed by atoms with Crippen molar-refractivity contribution in [1.82, 2.24) is 30.4 Å². The molecule has 11 heteroatoms. The van der Waals surface area contributed by atoms with Crippen LogP contribution in [0.15, 0.2) is 18.6 Å². The first-order chi connectivity index (χ1) is 13.2. The van der Waals surface area contributed by atoms with Gasteiger partial charge in [-0.1, -0.05) is 0 Å². The molecule has 0 spiro atoms. The SMILES string of the molecule is CC(C)NC(=O)N[C@H]1CCN(C(=O)c2cnccn2)[C@@H]1C(=O)N(C)CC(N)=O. The molecule has 0 saturated carbocycles. The van der Waals surface area contributed by atoms with Gasteiger partial charge in [0.25, 0.3) is 5.91 Å². The van der Waals surface area contributed by atoms with Crippen molar-refractivity contribution in [3.05, 3.63) is 24.3 Å². The summed E-state index contributed by atoms with van der Waals surface area (Å²) in [7, 11) is 1.42. The van der Waals surface area contributed by atoms with E-state index in [9.17, 15) is 19.2 Å². The smallest absolute Gasteiger partial charge is 0.315 e. The first kappa shape index (κ1) is 21.1. The molecule has 5 amide bonds.